The zero-order chi connectivity index (χ0) is 19.9. The maximum atomic E-state index is 12.8. The van der Waals surface area contributed by atoms with E-state index in [-0.39, 0.29) is 35.3 Å². The van der Waals surface area contributed by atoms with Crippen molar-refractivity contribution < 1.29 is 19.1 Å². The Morgan fingerprint density at radius 1 is 1.39 bits per heavy atom. The van der Waals surface area contributed by atoms with E-state index in [2.05, 4.69) is 18.4 Å². The van der Waals surface area contributed by atoms with Gasteiger partial charge in [0, 0.05) is 19.0 Å². The molecule has 0 aromatic rings. The SMILES string of the molecule is C=C1CCC[C@]2(C)C[C@H]3OC(=O)[C@@H](CN4CCC[C@H](C(=O)OCC)C4)[C@H]3C[C@@H]12. The summed E-state index contributed by atoms with van der Waals surface area (Å²) in [4.78, 5) is 27.2. The predicted molar refractivity (Wildman–Crippen MR) is 106 cm³/mol. The molecule has 0 aromatic heterocycles. The van der Waals surface area contributed by atoms with E-state index in [0.717, 1.165) is 38.6 Å². The fraction of sp³-hybridized carbons (Fsp3) is 0.826. The lowest BCUT2D eigenvalue weighted by Gasteiger charge is -2.50. The Labute approximate surface area is 168 Å². The Bertz CT molecular complexity index is 647. The molecule has 0 bridgehead atoms. The van der Waals surface area contributed by atoms with E-state index in [1.165, 1.54) is 18.4 Å². The number of esters is 2. The van der Waals surface area contributed by atoms with Crippen molar-refractivity contribution >= 4 is 11.9 Å². The van der Waals surface area contributed by atoms with Crippen LogP contribution in [0.5, 0.6) is 0 Å². The first-order valence-corrected chi connectivity index (χ1v) is 11.2. The predicted octanol–water partition coefficient (Wildman–Crippen LogP) is 3.58. The summed E-state index contributed by atoms with van der Waals surface area (Å²) in [6.45, 7) is 11.4. The Hall–Kier alpha value is -1.36. The first kappa shape index (κ1) is 19.9. The molecule has 2 aliphatic carbocycles. The monoisotopic (exact) mass is 389 g/mol. The Morgan fingerprint density at radius 3 is 3.00 bits per heavy atom. The van der Waals surface area contributed by atoms with Gasteiger partial charge >= 0.3 is 11.9 Å². The zero-order valence-electron chi connectivity index (χ0n) is 17.5. The molecule has 28 heavy (non-hydrogen) atoms. The van der Waals surface area contributed by atoms with Crippen molar-refractivity contribution in [3.8, 4) is 0 Å². The molecule has 0 aromatic carbocycles. The second kappa shape index (κ2) is 7.81. The Balaban J connectivity index is 1.43. The third kappa shape index (κ3) is 3.62. The minimum absolute atomic E-state index is 0.0267. The summed E-state index contributed by atoms with van der Waals surface area (Å²) in [7, 11) is 0. The van der Waals surface area contributed by atoms with Crippen molar-refractivity contribution in [3.05, 3.63) is 12.2 Å². The van der Waals surface area contributed by atoms with E-state index in [1.807, 2.05) is 6.92 Å². The fourth-order valence-corrected chi connectivity index (χ4v) is 6.42. The maximum Gasteiger partial charge on any atom is 0.310 e. The first-order chi connectivity index (χ1) is 13.4. The van der Waals surface area contributed by atoms with Gasteiger partial charge in [0.2, 0.25) is 0 Å². The van der Waals surface area contributed by atoms with Gasteiger partial charge in [-0.05, 0) is 69.7 Å². The number of carbonyl (C=O) groups is 2. The van der Waals surface area contributed by atoms with Crippen molar-refractivity contribution in [1.29, 1.82) is 0 Å². The number of likely N-dealkylation sites (tertiary alicyclic amines) is 1. The summed E-state index contributed by atoms with van der Waals surface area (Å²) in [5, 5.41) is 0. The van der Waals surface area contributed by atoms with Crippen LogP contribution in [0.3, 0.4) is 0 Å². The molecule has 2 saturated carbocycles. The highest BCUT2D eigenvalue weighted by molar-refractivity contribution is 5.76. The van der Waals surface area contributed by atoms with Crippen molar-refractivity contribution in [2.75, 3.05) is 26.2 Å². The largest absolute Gasteiger partial charge is 0.466 e. The van der Waals surface area contributed by atoms with E-state index in [1.54, 1.807) is 0 Å². The van der Waals surface area contributed by atoms with Crippen LogP contribution >= 0.6 is 0 Å². The summed E-state index contributed by atoms with van der Waals surface area (Å²) in [5.41, 5.74) is 1.62. The van der Waals surface area contributed by atoms with E-state index >= 15 is 0 Å². The van der Waals surface area contributed by atoms with Crippen molar-refractivity contribution in [2.45, 2.75) is 64.9 Å². The molecule has 0 unspecified atom stereocenters. The number of hydrogen-bond acceptors (Lipinski definition) is 5. The zero-order valence-corrected chi connectivity index (χ0v) is 17.5. The lowest BCUT2D eigenvalue weighted by atomic mass is 9.55. The summed E-state index contributed by atoms with van der Waals surface area (Å²) < 4.78 is 11.1. The lowest BCUT2D eigenvalue weighted by Crippen LogP contribution is -2.47. The standard InChI is InChI=1S/C23H35NO4/c1-4-27-21(25)16-8-6-10-24(13-16)14-18-17-11-19-15(2)7-5-9-23(19,3)12-20(17)28-22(18)26/h16-20H,2,4-14H2,1,3H3/t16-,17+,18-,19-,20+,23+/m0/s1. The third-order valence-corrected chi connectivity index (χ3v) is 7.90. The number of carbonyl (C=O) groups excluding carboxylic acids is 2. The van der Waals surface area contributed by atoms with Crippen LogP contribution in [0.2, 0.25) is 0 Å². The quantitative estimate of drug-likeness (QED) is 0.543. The van der Waals surface area contributed by atoms with E-state index in [4.69, 9.17) is 9.47 Å². The van der Waals surface area contributed by atoms with Gasteiger partial charge in [-0.1, -0.05) is 19.1 Å². The van der Waals surface area contributed by atoms with E-state index in [0.29, 0.717) is 31.5 Å². The van der Waals surface area contributed by atoms with Gasteiger partial charge < -0.3 is 14.4 Å². The van der Waals surface area contributed by atoms with Gasteiger partial charge in [0.15, 0.2) is 0 Å². The minimum Gasteiger partial charge on any atom is -0.466 e. The van der Waals surface area contributed by atoms with Crippen LogP contribution < -0.4 is 0 Å². The van der Waals surface area contributed by atoms with Crippen molar-refractivity contribution in [2.24, 2.45) is 29.1 Å². The van der Waals surface area contributed by atoms with Crippen molar-refractivity contribution in [1.82, 2.24) is 4.90 Å². The van der Waals surface area contributed by atoms with Gasteiger partial charge in [0.25, 0.3) is 0 Å². The fourth-order valence-electron chi connectivity index (χ4n) is 6.42. The molecular formula is C23H35NO4. The number of rotatable bonds is 4. The van der Waals surface area contributed by atoms with Crippen LogP contribution in [0.4, 0.5) is 0 Å². The van der Waals surface area contributed by atoms with Crippen LogP contribution in [-0.4, -0.2) is 49.2 Å². The highest BCUT2D eigenvalue weighted by Gasteiger charge is 2.55. The second-order valence-corrected chi connectivity index (χ2v) is 9.75. The van der Waals surface area contributed by atoms with Gasteiger partial charge in [-0.15, -0.1) is 0 Å². The summed E-state index contributed by atoms with van der Waals surface area (Å²) in [5.74, 6) is 0.573. The molecule has 4 rings (SSSR count). The molecule has 5 heteroatoms. The lowest BCUT2D eigenvalue weighted by molar-refractivity contribution is -0.150. The number of fused-ring (bicyclic) bond motifs is 2. The summed E-state index contributed by atoms with van der Waals surface area (Å²) >= 11 is 0. The second-order valence-electron chi connectivity index (χ2n) is 9.75. The Kier molecular flexibility index (Phi) is 5.56. The molecule has 0 N–H and O–H groups in total. The molecule has 0 amide bonds. The molecule has 156 valence electrons. The molecule has 2 saturated heterocycles. The molecule has 4 aliphatic rings. The molecule has 5 nitrogen and oxygen atoms in total. The minimum atomic E-state index is -0.0917. The van der Waals surface area contributed by atoms with Gasteiger partial charge in [-0.25, -0.2) is 0 Å². The van der Waals surface area contributed by atoms with Crippen LogP contribution in [0.25, 0.3) is 0 Å². The molecular weight excluding hydrogens is 354 g/mol. The van der Waals surface area contributed by atoms with Crippen molar-refractivity contribution in [3.63, 3.8) is 0 Å². The first-order valence-electron chi connectivity index (χ1n) is 11.2. The van der Waals surface area contributed by atoms with Gasteiger partial charge in [-0.3, -0.25) is 9.59 Å². The molecule has 4 fully saturated rings. The van der Waals surface area contributed by atoms with E-state index < -0.39 is 0 Å². The maximum absolute atomic E-state index is 12.8. The molecule has 6 atom stereocenters. The van der Waals surface area contributed by atoms with Gasteiger partial charge in [0.05, 0.1) is 18.4 Å². The number of nitrogens with zero attached hydrogens (tertiary/aromatic N) is 1. The highest BCUT2D eigenvalue weighted by atomic mass is 16.6. The number of piperidine rings is 1. The van der Waals surface area contributed by atoms with Gasteiger partial charge in [0.1, 0.15) is 6.10 Å². The smallest absolute Gasteiger partial charge is 0.310 e. The van der Waals surface area contributed by atoms with E-state index in [9.17, 15) is 9.59 Å². The summed E-state index contributed by atoms with van der Waals surface area (Å²) in [6.07, 6.45) is 7.51. The van der Waals surface area contributed by atoms with Crippen LogP contribution in [-0.2, 0) is 19.1 Å². The van der Waals surface area contributed by atoms with Crippen LogP contribution in [0.15, 0.2) is 12.2 Å². The molecule has 0 spiro atoms. The number of allylic oxidation sites excluding steroid dienone is 1. The topological polar surface area (TPSA) is 55.8 Å². The average Bonchev–Trinajstić information content (AvgIpc) is 2.94. The average molecular weight is 390 g/mol. The van der Waals surface area contributed by atoms with Gasteiger partial charge in [-0.2, -0.15) is 0 Å². The highest BCUT2D eigenvalue weighted by Crippen LogP contribution is 2.57. The molecule has 0 radical (unpaired) electrons. The van der Waals surface area contributed by atoms with Crippen LogP contribution in [0.1, 0.15) is 58.8 Å². The number of hydrogen-bond donors (Lipinski definition) is 0. The Morgan fingerprint density at radius 2 is 2.21 bits per heavy atom. The third-order valence-electron chi connectivity index (χ3n) is 7.90. The van der Waals surface area contributed by atoms with Crippen LogP contribution in [0, 0.1) is 29.1 Å². The molecule has 2 heterocycles. The molecule has 2 aliphatic heterocycles. The normalized spacial score (nSPS) is 41.1. The summed E-state index contributed by atoms with van der Waals surface area (Å²) in [6, 6.07) is 0. The number of ether oxygens (including phenoxy) is 2.